The molecule has 15 heavy (non-hydrogen) atoms. The molecule has 0 atom stereocenters. The summed E-state index contributed by atoms with van der Waals surface area (Å²) in [6.45, 7) is 0.554. The fourth-order valence-electron chi connectivity index (χ4n) is 1.56. The van der Waals surface area contributed by atoms with Gasteiger partial charge in [0.15, 0.2) is 0 Å². The van der Waals surface area contributed by atoms with Gasteiger partial charge in [0.25, 0.3) is 0 Å². The lowest BCUT2D eigenvalue weighted by Gasteiger charge is -2.10. The van der Waals surface area contributed by atoms with Gasteiger partial charge in [0.2, 0.25) is 5.91 Å². The maximum Gasteiger partial charge on any atom is 0.220 e. The van der Waals surface area contributed by atoms with Gasteiger partial charge in [0, 0.05) is 18.5 Å². The maximum atomic E-state index is 11.6. The molecule has 4 heteroatoms. The Balaban J connectivity index is 1.73. The molecule has 2 rings (SSSR count). The first-order valence-corrected chi connectivity index (χ1v) is 5.76. The quantitative estimate of drug-likeness (QED) is 0.753. The summed E-state index contributed by atoms with van der Waals surface area (Å²) in [6.07, 6.45) is 6.13. The first kappa shape index (κ1) is 10.6. The Labute approximate surface area is 94.6 Å². The van der Waals surface area contributed by atoms with Gasteiger partial charge in [-0.05, 0) is 30.1 Å². The summed E-state index contributed by atoms with van der Waals surface area (Å²) in [7, 11) is 0. The molecule has 3 nitrogen and oxygen atoms in total. The lowest BCUT2D eigenvalue weighted by atomic mass is 10.1. The summed E-state index contributed by atoms with van der Waals surface area (Å²) >= 11 is 4.27. The zero-order valence-corrected chi connectivity index (χ0v) is 9.43. The molecule has 0 aliphatic heterocycles. The van der Waals surface area contributed by atoms with Crippen LogP contribution >= 0.6 is 12.6 Å². The minimum Gasteiger partial charge on any atom is -0.472 e. The third-order valence-electron chi connectivity index (χ3n) is 2.90. The van der Waals surface area contributed by atoms with Crippen LogP contribution in [-0.4, -0.2) is 11.7 Å². The van der Waals surface area contributed by atoms with E-state index in [-0.39, 0.29) is 11.3 Å². The van der Waals surface area contributed by atoms with Gasteiger partial charge in [-0.3, -0.25) is 4.79 Å². The van der Waals surface area contributed by atoms with E-state index < -0.39 is 0 Å². The van der Waals surface area contributed by atoms with E-state index in [1.807, 2.05) is 6.07 Å². The molecule has 1 aromatic rings. The summed E-state index contributed by atoms with van der Waals surface area (Å²) in [5.41, 5.74) is 1.20. The van der Waals surface area contributed by atoms with Crippen LogP contribution in [0.15, 0.2) is 23.0 Å². The zero-order valence-electron chi connectivity index (χ0n) is 8.53. The molecule has 1 fully saturated rings. The Hall–Kier alpha value is -0.900. The van der Waals surface area contributed by atoms with Crippen molar-refractivity contribution in [1.29, 1.82) is 0 Å². The lowest BCUT2D eigenvalue weighted by Crippen LogP contribution is -2.26. The second kappa shape index (κ2) is 4.31. The molecule has 1 aliphatic carbocycles. The van der Waals surface area contributed by atoms with Crippen molar-refractivity contribution in [2.45, 2.75) is 25.8 Å². The van der Waals surface area contributed by atoms with E-state index in [1.165, 1.54) is 0 Å². The predicted molar refractivity (Wildman–Crippen MR) is 60.7 cm³/mol. The van der Waals surface area contributed by atoms with E-state index in [1.54, 1.807) is 12.5 Å². The molecular formula is C11H15NO2S. The van der Waals surface area contributed by atoms with Crippen LogP contribution < -0.4 is 5.32 Å². The molecule has 0 saturated heterocycles. The van der Waals surface area contributed by atoms with Crippen molar-refractivity contribution in [2.75, 3.05) is 5.75 Å². The average Bonchev–Trinajstić information content (AvgIpc) is 2.80. The molecule has 0 bridgehead atoms. The normalized spacial score (nSPS) is 17.4. The van der Waals surface area contributed by atoms with Crippen LogP contribution in [0.4, 0.5) is 0 Å². The van der Waals surface area contributed by atoms with E-state index in [4.69, 9.17) is 4.42 Å². The van der Waals surface area contributed by atoms with E-state index in [0.717, 1.165) is 24.2 Å². The van der Waals surface area contributed by atoms with Crippen molar-refractivity contribution in [3.63, 3.8) is 0 Å². The van der Waals surface area contributed by atoms with Crippen molar-refractivity contribution in [3.8, 4) is 0 Å². The summed E-state index contributed by atoms with van der Waals surface area (Å²) < 4.78 is 4.92. The molecule has 0 aromatic carbocycles. The van der Waals surface area contributed by atoms with Gasteiger partial charge in [0.1, 0.15) is 0 Å². The number of carbonyl (C=O) groups excluding carboxylic acids is 1. The van der Waals surface area contributed by atoms with Gasteiger partial charge in [-0.1, -0.05) is 0 Å². The molecular weight excluding hydrogens is 210 g/mol. The van der Waals surface area contributed by atoms with E-state index >= 15 is 0 Å². The van der Waals surface area contributed by atoms with Gasteiger partial charge in [-0.25, -0.2) is 0 Å². The van der Waals surface area contributed by atoms with Gasteiger partial charge in [0.05, 0.1) is 12.5 Å². The van der Waals surface area contributed by atoms with Crippen LogP contribution in [0.1, 0.15) is 24.8 Å². The number of rotatable bonds is 5. The van der Waals surface area contributed by atoms with Gasteiger partial charge < -0.3 is 9.73 Å². The van der Waals surface area contributed by atoms with Gasteiger partial charge in [-0.2, -0.15) is 12.6 Å². The lowest BCUT2D eigenvalue weighted by molar-refractivity contribution is -0.122. The van der Waals surface area contributed by atoms with Crippen molar-refractivity contribution in [2.24, 2.45) is 5.41 Å². The summed E-state index contributed by atoms with van der Waals surface area (Å²) in [5.74, 6) is 0.925. The van der Waals surface area contributed by atoms with Crippen LogP contribution in [0.5, 0.6) is 0 Å². The number of thiol groups is 1. The Morgan fingerprint density at radius 1 is 1.60 bits per heavy atom. The van der Waals surface area contributed by atoms with Crippen molar-refractivity contribution in [1.82, 2.24) is 5.32 Å². The fourth-order valence-corrected chi connectivity index (χ4v) is 1.99. The van der Waals surface area contributed by atoms with E-state index in [0.29, 0.717) is 13.0 Å². The van der Waals surface area contributed by atoms with Crippen LogP contribution in [0.2, 0.25) is 0 Å². The van der Waals surface area contributed by atoms with Crippen molar-refractivity contribution in [3.05, 3.63) is 24.2 Å². The van der Waals surface area contributed by atoms with Crippen LogP contribution in [0, 0.1) is 5.41 Å². The molecule has 1 heterocycles. The average molecular weight is 225 g/mol. The maximum absolute atomic E-state index is 11.6. The highest BCUT2D eigenvalue weighted by molar-refractivity contribution is 7.80. The summed E-state index contributed by atoms with van der Waals surface area (Å²) in [5, 5.41) is 2.88. The van der Waals surface area contributed by atoms with Crippen LogP contribution in [-0.2, 0) is 11.3 Å². The first-order valence-electron chi connectivity index (χ1n) is 5.13. The molecule has 1 N–H and O–H groups in total. The van der Waals surface area contributed by atoms with Gasteiger partial charge in [-0.15, -0.1) is 0 Å². The summed E-state index contributed by atoms with van der Waals surface area (Å²) in [4.78, 5) is 11.6. The highest BCUT2D eigenvalue weighted by Gasteiger charge is 2.42. The highest BCUT2D eigenvalue weighted by Crippen LogP contribution is 2.49. The molecule has 1 aliphatic rings. The number of amides is 1. The topological polar surface area (TPSA) is 42.2 Å². The highest BCUT2D eigenvalue weighted by atomic mass is 32.1. The zero-order chi connectivity index (χ0) is 10.7. The Bertz CT molecular complexity index is 330. The number of nitrogens with one attached hydrogen (secondary N) is 1. The second-order valence-electron chi connectivity index (χ2n) is 4.24. The fraction of sp³-hybridized carbons (Fsp3) is 0.545. The third kappa shape index (κ3) is 2.78. The van der Waals surface area contributed by atoms with Crippen molar-refractivity contribution < 1.29 is 9.21 Å². The van der Waals surface area contributed by atoms with Crippen LogP contribution in [0.25, 0.3) is 0 Å². The first-order chi connectivity index (χ1) is 7.24. The molecule has 0 unspecified atom stereocenters. The number of carbonyl (C=O) groups is 1. The minimum atomic E-state index is 0.114. The second-order valence-corrected chi connectivity index (χ2v) is 4.56. The molecule has 1 saturated carbocycles. The number of furan rings is 1. The molecule has 0 spiro atoms. The monoisotopic (exact) mass is 225 g/mol. The van der Waals surface area contributed by atoms with Crippen molar-refractivity contribution >= 4 is 18.5 Å². The molecule has 82 valence electrons. The minimum absolute atomic E-state index is 0.114. The molecule has 1 aromatic heterocycles. The standard InChI is InChI=1S/C11H15NO2S/c13-10(5-11(8-15)2-3-11)12-6-9-1-4-14-7-9/h1,4,7,15H,2-3,5-6,8H2,(H,12,13). The van der Waals surface area contributed by atoms with Crippen LogP contribution in [0.3, 0.4) is 0 Å². The number of hydrogen-bond acceptors (Lipinski definition) is 3. The van der Waals surface area contributed by atoms with E-state index in [9.17, 15) is 4.79 Å². The molecule has 1 amide bonds. The van der Waals surface area contributed by atoms with E-state index in [2.05, 4.69) is 17.9 Å². The molecule has 0 radical (unpaired) electrons. The smallest absolute Gasteiger partial charge is 0.220 e. The Morgan fingerprint density at radius 2 is 2.40 bits per heavy atom. The third-order valence-corrected chi connectivity index (χ3v) is 3.57. The Kier molecular flexibility index (Phi) is 3.05. The predicted octanol–water partition coefficient (Wildman–Crippen LogP) is 2.00. The number of hydrogen-bond donors (Lipinski definition) is 2. The summed E-state index contributed by atoms with van der Waals surface area (Å²) in [6, 6.07) is 1.85. The van der Waals surface area contributed by atoms with Gasteiger partial charge >= 0.3 is 0 Å². The largest absolute Gasteiger partial charge is 0.472 e. The SMILES string of the molecule is O=C(CC1(CS)CC1)NCc1ccoc1. The Morgan fingerprint density at radius 3 is 2.93 bits per heavy atom.